The summed E-state index contributed by atoms with van der Waals surface area (Å²) in [6, 6.07) is 4.66. The van der Waals surface area contributed by atoms with Gasteiger partial charge >= 0.3 is 5.97 Å². The average Bonchev–Trinajstić information content (AvgIpc) is 2.77. The second-order valence-electron chi connectivity index (χ2n) is 3.77. The lowest BCUT2D eigenvalue weighted by Crippen LogP contribution is -2.24. The highest BCUT2D eigenvalue weighted by Gasteiger charge is 2.29. The van der Waals surface area contributed by atoms with Gasteiger partial charge < -0.3 is 9.64 Å². The second kappa shape index (κ2) is 4.47. The minimum absolute atomic E-state index is 0.130. The molecule has 1 saturated heterocycles. The Hall–Kier alpha value is -1.65. The van der Waals surface area contributed by atoms with Gasteiger partial charge in [0.25, 0.3) is 0 Å². The first-order valence-electron chi connectivity index (χ1n) is 5.16. The molecule has 0 aliphatic carbocycles. The molecule has 0 unspecified atom stereocenters. The van der Waals surface area contributed by atoms with Gasteiger partial charge in [-0.3, -0.25) is 4.79 Å². The van der Waals surface area contributed by atoms with Gasteiger partial charge in [0.05, 0.1) is 13.0 Å². The van der Waals surface area contributed by atoms with Crippen LogP contribution in [0, 0.1) is 11.9 Å². The van der Waals surface area contributed by atoms with Crippen molar-refractivity contribution in [2.45, 2.75) is 6.42 Å². The third kappa shape index (κ3) is 2.13. The Morgan fingerprint density at radius 3 is 3.12 bits per heavy atom. The molecule has 1 aromatic rings. The topological polar surface area (TPSA) is 42.4 Å². The van der Waals surface area contributed by atoms with E-state index < -0.39 is 5.95 Å². The lowest BCUT2D eigenvalue weighted by molar-refractivity contribution is -0.144. The standard InChI is InChI=1S/C11H13FN2O2/c1-16-11(15)8-5-6-14(7-8)10-4-2-3-9(12)13-10/h2-4,8H,5-7H2,1H3/t8-/m0/s1. The number of aromatic nitrogens is 1. The van der Waals surface area contributed by atoms with Gasteiger partial charge in [0.1, 0.15) is 5.82 Å². The van der Waals surface area contributed by atoms with Crippen molar-refractivity contribution in [3.63, 3.8) is 0 Å². The first-order valence-corrected chi connectivity index (χ1v) is 5.16. The maximum Gasteiger partial charge on any atom is 0.310 e. The number of anilines is 1. The molecular weight excluding hydrogens is 211 g/mol. The predicted molar refractivity (Wildman–Crippen MR) is 56.5 cm³/mol. The van der Waals surface area contributed by atoms with Gasteiger partial charge in [-0.25, -0.2) is 4.98 Å². The van der Waals surface area contributed by atoms with Crippen LogP contribution in [0.4, 0.5) is 10.2 Å². The Morgan fingerprint density at radius 2 is 2.44 bits per heavy atom. The van der Waals surface area contributed by atoms with E-state index >= 15 is 0 Å². The molecule has 86 valence electrons. The molecule has 2 heterocycles. The van der Waals surface area contributed by atoms with Crippen LogP contribution in [0.3, 0.4) is 0 Å². The molecule has 1 atom stereocenters. The number of ether oxygens (including phenoxy) is 1. The molecule has 0 aromatic carbocycles. The average molecular weight is 224 g/mol. The van der Waals surface area contributed by atoms with Crippen LogP contribution < -0.4 is 4.90 Å². The zero-order valence-corrected chi connectivity index (χ0v) is 9.02. The summed E-state index contributed by atoms with van der Waals surface area (Å²) in [5, 5.41) is 0. The van der Waals surface area contributed by atoms with Crippen LogP contribution in [0.25, 0.3) is 0 Å². The summed E-state index contributed by atoms with van der Waals surface area (Å²) < 4.78 is 17.6. The van der Waals surface area contributed by atoms with Crippen molar-refractivity contribution >= 4 is 11.8 Å². The molecule has 4 nitrogen and oxygen atoms in total. The Kier molecular flexibility index (Phi) is 3.03. The van der Waals surface area contributed by atoms with E-state index in [-0.39, 0.29) is 11.9 Å². The Labute approximate surface area is 93.0 Å². The fourth-order valence-electron chi connectivity index (χ4n) is 1.90. The third-order valence-corrected chi connectivity index (χ3v) is 2.75. The monoisotopic (exact) mass is 224 g/mol. The third-order valence-electron chi connectivity index (χ3n) is 2.75. The van der Waals surface area contributed by atoms with E-state index in [2.05, 4.69) is 9.72 Å². The largest absolute Gasteiger partial charge is 0.469 e. The van der Waals surface area contributed by atoms with Crippen LogP contribution in [0.1, 0.15) is 6.42 Å². The Morgan fingerprint density at radius 1 is 1.62 bits per heavy atom. The van der Waals surface area contributed by atoms with Crippen molar-refractivity contribution < 1.29 is 13.9 Å². The molecule has 0 radical (unpaired) electrons. The Balaban J connectivity index is 2.06. The van der Waals surface area contributed by atoms with Gasteiger partial charge in [-0.05, 0) is 18.6 Å². The van der Waals surface area contributed by atoms with E-state index in [9.17, 15) is 9.18 Å². The van der Waals surface area contributed by atoms with Crippen LogP contribution >= 0.6 is 0 Å². The lowest BCUT2D eigenvalue weighted by Gasteiger charge is -2.16. The van der Waals surface area contributed by atoms with Gasteiger partial charge in [0, 0.05) is 13.1 Å². The number of pyridine rings is 1. The van der Waals surface area contributed by atoms with Crippen molar-refractivity contribution in [1.82, 2.24) is 4.98 Å². The van der Waals surface area contributed by atoms with Crippen molar-refractivity contribution in [3.05, 3.63) is 24.1 Å². The predicted octanol–water partition coefficient (Wildman–Crippen LogP) is 1.22. The number of nitrogens with zero attached hydrogens (tertiary/aromatic N) is 2. The molecule has 0 saturated carbocycles. The highest BCUT2D eigenvalue weighted by atomic mass is 19.1. The van der Waals surface area contributed by atoms with Gasteiger partial charge in [-0.1, -0.05) is 6.07 Å². The molecule has 0 N–H and O–H groups in total. The van der Waals surface area contributed by atoms with Crippen molar-refractivity contribution in [2.75, 3.05) is 25.1 Å². The molecule has 1 aliphatic heterocycles. The van der Waals surface area contributed by atoms with Crippen LogP contribution in [-0.4, -0.2) is 31.2 Å². The summed E-state index contributed by atoms with van der Waals surface area (Å²) >= 11 is 0. The molecule has 0 amide bonds. The fraction of sp³-hybridized carbons (Fsp3) is 0.455. The van der Waals surface area contributed by atoms with Gasteiger partial charge in [-0.15, -0.1) is 0 Å². The Bertz CT molecular complexity index is 397. The highest BCUT2D eigenvalue weighted by molar-refractivity contribution is 5.74. The lowest BCUT2D eigenvalue weighted by atomic mass is 10.1. The SMILES string of the molecule is COC(=O)[C@H]1CCN(c2cccc(F)n2)C1. The quantitative estimate of drug-likeness (QED) is 0.559. The maximum atomic E-state index is 12.9. The van der Waals surface area contributed by atoms with E-state index in [1.165, 1.54) is 13.2 Å². The number of methoxy groups -OCH3 is 1. The summed E-state index contributed by atoms with van der Waals surface area (Å²) in [6.45, 7) is 1.25. The second-order valence-corrected chi connectivity index (χ2v) is 3.77. The minimum atomic E-state index is -0.501. The number of rotatable bonds is 2. The van der Waals surface area contributed by atoms with E-state index in [1.54, 1.807) is 12.1 Å². The number of hydrogen-bond donors (Lipinski definition) is 0. The summed E-state index contributed by atoms with van der Waals surface area (Å²) in [6.07, 6.45) is 0.727. The molecular formula is C11H13FN2O2. The van der Waals surface area contributed by atoms with E-state index in [1.807, 2.05) is 4.90 Å². The number of esters is 1. The zero-order valence-electron chi connectivity index (χ0n) is 9.02. The van der Waals surface area contributed by atoms with E-state index in [0.29, 0.717) is 18.9 Å². The van der Waals surface area contributed by atoms with Crippen LogP contribution in [0.2, 0.25) is 0 Å². The molecule has 1 aromatic heterocycles. The van der Waals surface area contributed by atoms with Crippen molar-refractivity contribution in [3.8, 4) is 0 Å². The first-order chi connectivity index (χ1) is 7.70. The molecule has 1 fully saturated rings. The van der Waals surface area contributed by atoms with Crippen molar-refractivity contribution in [2.24, 2.45) is 5.92 Å². The molecule has 0 spiro atoms. The maximum absolute atomic E-state index is 12.9. The minimum Gasteiger partial charge on any atom is -0.469 e. The van der Waals surface area contributed by atoms with Crippen molar-refractivity contribution in [1.29, 1.82) is 0 Å². The fourth-order valence-corrected chi connectivity index (χ4v) is 1.90. The number of hydrogen-bond acceptors (Lipinski definition) is 4. The summed E-state index contributed by atoms with van der Waals surface area (Å²) in [7, 11) is 1.38. The highest BCUT2D eigenvalue weighted by Crippen LogP contribution is 2.22. The first kappa shape index (κ1) is 10.9. The number of carbonyl (C=O) groups excluding carboxylic acids is 1. The van der Waals surface area contributed by atoms with Crippen LogP contribution in [-0.2, 0) is 9.53 Å². The van der Waals surface area contributed by atoms with Gasteiger partial charge in [0.15, 0.2) is 0 Å². The van der Waals surface area contributed by atoms with E-state index in [4.69, 9.17) is 0 Å². The zero-order chi connectivity index (χ0) is 11.5. The molecule has 1 aliphatic rings. The summed E-state index contributed by atoms with van der Waals surface area (Å²) in [4.78, 5) is 17.0. The smallest absolute Gasteiger partial charge is 0.310 e. The van der Waals surface area contributed by atoms with Crippen LogP contribution in [0.15, 0.2) is 18.2 Å². The van der Waals surface area contributed by atoms with Gasteiger partial charge in [-0.2, -0.15) is 4.39 Å². The van der Waals surface area contributed by atoms with E-state index in [0.717, 1.165) is 6.42 Å². The molecule has 2 rings (SSSR count). The number of carbonyl (C=O) groups is 1. The molecule has 16 heavy (non-hydrogen) atoms. The molecule has 0 bridgehead atoms. The summed E-state index contributed by atoms with van der Waals surface area (Å²) in [5.41, 5.74) is 0. The van der Waals surface area contributed by atoms with Gasteiger partial charge in [0.2, 0.25) is 5.95 Å². The summed E-state index contributed by atoms with van der Waals surface area (Å²) in [5.74, 6) is -0.264. The van der Waals surface area contributed by atoms with Crippen LogP contribution in [0.5, 0.6) is 0 Å². The normalized spacial score (nSPS) is 19.9. The number of halogens is 1. The molecule has 5 heteroatoms.